The van der Waals surface area contributed by atoms with E-state index in [0.717, 1.165) is 36.1 Å². The van der Waals surface area contributed by atoms with E-state index in [0.29, 0.717) is 31.7 Å². The molecule has 1 aliphatic rings. The average Bonchev–Trinajstić information content (AvgIpc) is 3.12. The van der Waals surface area contributed by atoms with Crippen LogP contribution in [0.4, 0.5) is 4.39 Å². The van der Waals surface area contributed by atoms with Gasteiger partial charge < -0.3 is 10.2 Å². The summed E-state index contributed by atoms with van der Waals surface area (Å²) in [5.74, 6) is -0.423. The molecule has 0 atom stereocenters. The number of benzene rings is 1. The first-order valence-electron chi connectivity index (χ1n) is 10.9. The smallest absolute Gasteiger partial charge is 0.239 e. The molecular weight excluding hydrogens is 409 g/mol. The zero-order chi connectivity index (χ0) is 22.3. The van der Waals surface area contributed by atoms with Gasteiger partial charge in [0, 0.05) is 43.0 Å². The number of carbonyl (C=O) groups is 2. The molecule has 0 aliphatic carbocycles. The first-order valence-corrected chi connectivity index (χ1v) is 10.9. The van der Waals surface area contributed by atoms with Gasteiger partial charge in [-0.25, -0.2) is 4.39 Å². The van der Waals surface area contributed by atoms with Gasteiger partial charge in [0.05, 0.1) is 24.5 Å². The van der Waals surface area contributed by atoms with Crippen LogP contribution in [0, 0.1) is 5.82 Å². The molecule has 2 amide bonds. The van der Waals surface area contributed by atoms with Crippen molar-refractivity contribution in [2.24, 2.45) is 0 Å². The van der Waals surface area contributed by atoms with E-state index in [1.54, 1.807) is 29.4 Å². The molecule has 0 radical (unpaired) electrons. The fourth-order valence-corrected chi connectivity index (χ4v) is 3.83. The van der Waals surface area contributed by atoms with Gasteiger partial charge in [0.2, 0.25) is 11.8 Å². The van der Waals surface area contributed by atoms with Crippen molar-refractivity contribution in [3.05, 3.63) is 60.7 Å². The third kappa shape index (κ3) is 5.38. The molecule has 0 saturated carbocycles. The van der Waals surface area contributed by atoms with Crippen LogP contribution in [-0.2, 0) is 16.1 Å². The van der Waals surface area contributed by atoms with Crippen LogP contribution in [-0.4, -0.2) is 51.1 Å². The Kier molecular flexibility index (Phi) is 6.89. The summed E-state index contributed by atoms with van der Waals surface area (Å²) in [4.78, 5) is 30.3. The quantitative estimate of drug-likeness (QED) is 0.618. The van der Waals surface area contributed by atoms with Gasteiger partial charge in [0.1, 0.15) is 5.82 Å². The highest BCUT2D eigenvalue weighted by Gasteiger charge is 2.19. The number of hydrogen-bond donors (Lipinski definition) is 1. The van der Waals surface area contributed by atoms with Crippen LogP contribution in [0.25, 0.3) is 22.5 Å². The molecule has 4 rings (SSSR count). The van der Waals surface area contributed by atoms with Gasteiger partial charge in [-0.05, 0) is 55.3 Å². The van der Waals surface area contributed by atoms with Crippen LogP contribution in [0.1, 0.15) is 25.7 Å². The van der Waals surface area contributed by atoms with Crippen LogP contribution < -0.4 is 5.32 Å². The van der Waals surface area contributed by atoms with Gasteiger partial charge in [-0.15, -0.1) is 0 Å². The van der Waals surface area contributed by atoms with Gasteiger partial charge in [-0.1, -0.05) is 6.42 Å². The molecule has 1 aliphatic heterocycles. The Morgan fingerprint density at radius 1 is 1.09 bits per heavy atom. The number of likely N-dealkylation sites (tertiary alicyclic amines) is 1. The predicted molar refractivity (Wildman–Crippen MR) is 119 cm³/mol. The van der Waals surface area contributed by atoms with Crippen molar-refractivity contribution in [2.45, 2.75) is 32.2 Å². The van der Waals surface area contributed by atoms with Crippen molar-refractivity contribution >= 4 is 11.8 Å². The molecule has 1 aromatic carbocycles. The second-order valence-electron chi connectivity index (χ2n) is 7.86. The van der Waals surface area contributed by atoms with Gasteiger partial charge in [-0.2, -0.15) is 5.10 Å². The summed E-state index contributed by atoms with van der Waals surface area (Å²) in [5, 5.41) is 7.57. The second-order valence-corrected chi connectivity index (χ2v) is 7.86. The highest BCUT2D eigenvalue weighted by molar-refractivity contribution is 5.84. The molecular formula is C24H26FN5O2. The maximum Gasteiger partial charge on any atom is 0.239 e. The summed E-state index contributed by atoms with van der Waals surface area (Å²) in [6.07, 6.45) is 6.83. The summed E-state index contributed by atoms with van der Waals surface area (Å²) < 4.78 is 15.1. The van der Waals surface area contributed by atoms with Crippen molar-refractivity contribution in [3.63, 3.8) is 0 Å². The molecule has 1 N–H and O–H groups in total. The number of halogens is 1. The van der Waals surface area contributed by atoms with E-state index in [1.807, 2.05) is 22.9 Å². The molecule has 166 valence electrons. The summed E-state index contributed by atoms with van der Waals surface area (Å²) in [7, 11) is 0. The van der Waals surface area contributed by atoms with Crippen LogP contribution in [0.2, 0.25) is 0 Å². The van der Waals surface area contributed by atoms with Gasteiger partial charge >= 0.3 is 0 Å². The van der Waals surface area contributed by atoms with E-state index in [1.165, 1.54) is 12.1 Å². The minimum absolute atomic E-state index is 0.0486. The van der Waals surface area contributed by atoms with E-state index in [9.17, 15) is 14.0 Å². The van der Waals surface area contributed by atoms with Crippen LogP contribution >= 0.6 is 0 Å². The molecule has 2 aromatic heterocycles. The van der Waals surface area contributed by atoms with Crippen LogP contribution in [0.15, 0.2) is 54.9 Å². The SMILES string of the molecule is O=C(CN1CCCCCC1=O)NCCn1nc(-c2ccc(F)cc2)cc1-c1cccnc1. The Bertz CT molecular complexity index is 1070. The fraction of sp³-hybridized carbons (Fsp3) is 0.333. The normalized spacial score (nSPS) is 14.3. The number of carbonyl (C=O) groups excluding carboxylic acids is 2. The Balaban J connectivity index is 1.44. The number of hydrogen-bond acceptors (Lipinski definition) is 4. The standard InChI is InChI=1S/C24H26FN5O2/c25-20-9-7-18(8-10-20)21-15-22(19-5-4-11-26-16-19)30(28-21)14-12-27-23(31)17-29-13-3-1-2-6-24(29)32/h4-5,7-11,15-16H,1-3,6,12-14,17H2,(H,27,31). The Morgan fingerprint density at radius 2 is 1.94 bits per heavy atom. The summed E-state index contributed by atoms with van der Waals surface area (Å²) in [6.45, 7) is 1.55. The third-order valence-corrected chi connectivity index (χ3v) is 5.53. The molecule has 3 heterocycles. The molecule has 32 heavy (non-hydrogen) atoms. The molecule has 1 fully saturated rings. The van der Waals surface area contributed by atoms with Crippen molar-refractivity contribution in [2.75, 3.05) is 19.6 Å². The van der Waals surface area contributed by atoms with Crippen molar-refractivity contribution in [1.82, 2.24) is 25.0 Å². The number of amides is 2. The topological polar surface area (TPSA) is 80.1 Å². The maximum atomic E-state index is 13.3. The lowest BCUT2D eigenvalue weighted by molar-refractivity contribution is -0.135. The van der Waals surface area contributed by atoms with E-state index in [-0.39, 0.29) is 24.2 Å². The second kappa shape index (κ2) is 10.2. The van der Waals surface area contributed by atoms with E-state index in [4.69, 9.17) is 0 Å². The molecule has 0 spiro atoms. The van der Waals surface area contributed by atoms with Crippen LogP contribution in [0.5, 0.6) is 0 Å². The largest absolute Gasteiger partial charge is 0.353 e. The fourth-order valence-electron chi connectivity index (χ4n) is 3.83. The predicted octanol–water partition coefficient (Wildman–Crippen LogP) is 3.27. The molecule has 0 unspecified atom stereocenters. The minimum atomic E-state index is -0.300. The summed E-state index contributed by atoms with van der Waals surface area (Å²) in [6, 6.07) is 11.9. The molecule has 3 aromatic rings. The Morgan fingerprint density at radius 3 is 2.72 bits per heavy atom. The Hall–Kier alpha value is -3.55. The highest BCUT2D eigenvalue weighted by Crippen LogP contribution is 2.26. The number of rotatable bonds is 7. The zero-order valence-electron chi connectivity index (χ0n) is 17.8. The minimum Gasteiger partial charge on any atom is -0.353 e. The van der Waals surface area contributed by atoms with E-state index < -0.39 is 0 Å². The number of pyridine rings is 1. The maximum absolute atomic E-state index is 13.3. The highest BCUT2D eigenvalue weighted by atomic mass is 19.1. The van der Waals surface area contributed by atoms with Gasteiger partial charge in [0.25, 0.3) is 0 Å². The van der Waals surface area contributed by atoms with Gasteiger partial charge in [-0.3, -0.25) is 19.3 Å². The lowest BCUT2D eigenvalue weighted by Gasteiger charge is -2.19. The van der Waals surface area contributed by atoms with Gasteiger partial charge in [0.15, 0.2) is 0 Å². The summed E-state index contributed by atoms with van der Waals surface area (Å²) >= 11 is 0. The lowest BCUT2D eigenvalue weighted by atomic mass is 10.1. The van der Waals surface area contributed by atoms with Crippen molar-refractivity contribution in [3.8, 4) is 22.5 Å². The molecule has 1 saturated heterocycles. The average molecular weight is 436 g/mol. The molecule has 8 heteroatoms. The zero-order valence-corrected chi connectivity index (χ0v) is 17.8. The monoisotopic (exact) mass is 435 g/mol. The Labute approximate surface area is 186 Å². The molecule has 0 bridgehead atoms. The van der Waals surface area contributed by atoms with Crippen molar-refractivity contribution < 1.29 is 14.0 Å². The number of nitrogens with zero attached hydrogens (tertiary/aromatic N) is 4. The van der Waals surface area contributed by atoms with Crippen LogP contribution in [0.3, 0.4) is 0 Å². The first kappa shape index (κ1) is 21.7. The van der Waals surface area contributed by atoms with E-state index in [2.05, 4.69) is 15.4 Å². The van der Waals surface area contributed by atoms with E-state index >= 15 is 0 Å². The first-order chi connectivity index (χ1) is 15.6. The lowest BCUT2D eigenvalue weighted by Crippen LogP contribution is -2.41. The number of aromatic nitrogens is 3. The third-order valence-electron chi connectivity index (χ3n) is 5.53. The summed E-state index contributed by atoms with van der Waals surface area (Å²) in [5.41, 5.74) is 3.27. The van der Waals surface area contributed by atoms with Crippen molar-refractivity contribution in [1.29, 1.82) is 0 Å². The molecule has 7 nitrogen and oxygen atoms in total. The number of nitrogens with one attached hydrogen (secondary N) is 1.